The zero-order valence-corrected chi connectivity index (χ0v) is 13.1. The van der Waals surface area contributed by atoms with Crippen molar-refractivity contribution in [3.8, 4) is 0 Å². The van der Waals surface area contributed by atoms with Gasteiger partial charge in [-0.05, 0) is 24.3 Å². The monoisotopic (exact) mass is 392 g/mol. The van der Waals surface area contributed by atoms with Crippen LogP contribution in [0.1, 0.15) is 31.8 Å². The van der Waals surface area contributed by atoms with E-state index in [9.17, 15) is 31.5 Å². The molecule has 144 valence electrons. The molecule has 0 amide bonds. The minimum atomic E-state index is -6.15. The summed E-state index contributed by atoms with van der Waals surface area (Å²) in [4.78, 5) is 21.8. The van der Waals surface area contributed by atoms with Gasteiger partial charge in [0.2, 0.25) is 0 Å². The molecular formula is C17H10F6O4. The first-order valence-electron chi connectivity index (χ1n) is 7.13. The Balaban J connectivity index is 2.75. The summed E-state index contributed by atoms with van der Waals surface area (Å²) in [6.45, 7) is 0. The fourth-order valence-electron chi connectivity index (χ4n) is 2.44. The molecule has 1 atom stereocenters. The first-order chi connectivity index (χ1) is 12.3. The van der Waals surface area contributed by atoms with Crippen LogP contribution in [0.4, 0.5) is 26.3 Å². The maximum absolute atomic E-state index is 15.1. The van der Waals surface area contributed by atoms with Gasteiger partial charge in [-0.15, -0.1) is 0 Å². The van der Waals surface area contributed by atoms with Crippen molar-refractivity contribution in [1.82, 2.24) is 0 Å². The lowest BCUT2D eigenvalue weighted by atomic mass is 9.83. The number of alkyl halides is 6. The van der Waals surface area contributed by atoms with Crippen molar-refractivity contribution >= 4 is 11.9 Å². The fourth-order valence-corrected chi connectivity index (χ4v) is 2.44. The van der Waals surface area contributed by atoms with E-state index < -0.39 is 52.0 Å². The molecule has 0 saturated heterocycles. The third kappa shape index (κ3) is 3.34. The topological polar surface area (TPSA) is 74.6 Å². The molecule has 0 radical (unpaired) electrons. The molecular weight excluding hydrogens is 382 g/mol. The molecule has 0 aliphatic rings. The van der Waals surface area contributed by atoms with Crippen molar-refractivity contribution in [2.75, 3.05) is 0 Å². The van der Waals surface area contributed by atoms with Crippen LogP contribution in [0.2, 0.25) is 0 Å². The molecule has 0 saturated carbocycles. The van der Waals surface area contributed by atoms with Gasteiger partial charge in [-0.2, -0.15) is 22.0 Å². The van der Waals surface area contributed by atoms with Gasteiger partial charge in [-0.25, -0.2) is 14.0 Å². The van der Waals surface area contributed by atoms with E-state index in [-0.39, 0.29) is 12.1 Å². The van der Waals surface area contributed by atoms with Crippen LogP contribution in [0.3, 0.4) is 0 Å². The number of aromatic carboxylic acids is 2. The summed E-state index contributed by atoms with van der Waals surface area (Å²) >= 11 is 0. The van der Waals surface area contributed by atoms with Gasteiger partial charge in [0.05, 0.1) is 11.1 Å². The van der Waals surface area contributed by atoms with Gasteiger partial charge in [0.15, 0.2) is 0 Å². The smallest absolute Gasteiger partial charge is 0.433 e. The molecule has 0 aliphatic heterocycles. The van der Waals surface area contributed by atoms with Gasteiger partial charge >= 0.3 is 24.0 Å². The average Bonchev–Trinajstić information content (AvgIpc) is 2.60. The van der Waals surface area contributed by atoms with Crippen molar-refractivity contribution in [2.45, 2.75) is 17.8 Å². The summed E-state index contributed by atoms with van der Waals surface area (Å²) in [5.74, 6) is -8.69. The lowest BCUT2D eigenvalue weighted by molar-refractivity contribution is -0.314. The van der Waals surface area contributed by atoms with Crippen molar-refractivity contribution < 1.29 is 46.1 Å². The summed E-state index contributed by atoms with van der Waals surface area (Å²) in [5, 5.41) is 17.7. The molecule has 2 rings (SSSR count). The second-order valence-corrected chi connectivity index (χ2v) is 5.50. The summed E-state index contributed by atoms with van der Waals surface area (Å²) in [5.41, 5.74) is -10.0. The largest absolute Gasteiger partial charge is 0.478 e. The zero-order chi connectivity index (χ0) is 20.6. The summed E-state index contributed by atoms with van der Waals surface area (Å²) < 4.78 is 84.8. The van der Waals surface area contributed by atoms with Crippen LogP contribution in [-0.4, -0.2) is 28.3 Å². The highest BCUT2D eigenvalue weighted by Gasteiger charge is 2.72. The van der Waals surface area contributed by atoms with Gasteiger partial charge < -0.3 is 10.2 Å². The molecule has 2 aromatic rings. The Morgan fingerprint density at radius 2 is 1.11 bits per heavy atom. The van der Waals surface area contributed by atoms with Crippen LogP contribution in [0.15, 0.2) is 48.5 Å². The van der Waals surface area contributed by atoms with E-state index in [0.29, 0.717) is 18.2 Å². The molecule has 4 nitrogen and oxygen atoms in total. The number of hydrogen-bond acceptors (Lipinski definition) is 2. The maximum Gasteiger partial charge on any atom is 0.433 e. The van der Waals surface area contributed by atoms with Crippen LogP contribution >= 0.6 is 0 Å². The minimum absolute atomic E-state index is 0.158. The molecule has 1 unspecified atom stereocenters. The SMILES string of the molecule is O=C(O)c1cccc(C(F)(F)C(F)(c2cccc(C(=O)O)c2)C(F)(F)F)c1. The van der Waals surface area contributed by atoms with E-state index in [4.69, 9.17) is 10.2 Å². The molecule has 27 heavy (non-hydrogen) atoms. The number of carboxylic acids is 2. The standard InChI is InChI=1S/C17H10F6O4/c18-15(17(21,22)23,11-5-1-3-9(7-11)13(24)25)16(19,20)12-6-2-4-10(8-12)14(26)27/h1-8H,(H,24,25)(H,26,27). The number of halogens is 6. The molecule has 2 aromatic carbocycles. The van der Waals surface area contributed by atoms with Gasteiger partial charge in [-0.3, -0.25) is 0 Å². The lowest BCUT2D eigenvalue weighted by Crippen LogP contribution is -2.51. The molecule has 0 spiro atoms. The third-order valence-corrected chi connectivity index (χ3v) is 3.80. The molecule has 0 aliphatic carbocycles. The normalized spacial score (nSPS) is 14.4. The van der Waals surface area contributed by atoms with Crippen molar-refractivity contribution in [1.29, 1.82) is 0 Å². The lowest BCUT2D eigenvalue weighted by Gasteiger charge is -2.35. The summed E-state index contributed by atoms with van der Waals surface area (Å²) in [7, 11) is 0. The molecule has 0 bridgehead atoms. The van der Waals surface area contributed by atoms with Crippen LogP contribution in [0, 0.1) is 0 Å². The summed E-state index contributed by atoms with van der Waals surface area (Å²) in [6, 6.07) is 4.32. The van der Waals surface area contributed by atoms with Gasteiger partial charge in [0.25, 0.3) is 5.67 Å². The molecule has 0 fully saturated rings. The Bertz CT molecular complexity index is 893. The van der Waals surface area contributed by atoms with E-state index in [1.165, 1.54) is 0 Å². The highest BCUT2D eigenvalue weighted by Crippen LogP contribution is 2.57. The van der Waals surface area contributed by atoms with Gasteiger partial charge in [0, 0.05) is 11.1 Å². The van der Waals surface area contributed by atoms with E-state index >= 15 is 4.39 Å². The van der Waals surface area contributed by atoms with Gasteiger partial charge in [0.1, 0.15) is 0 Å². The van der Waals surface area contributed by atoms with Crippen molar-refractivity contribution in [3.63, 3.8) is 0 Å². The van der Waals surface area contributed by atoms with Crippen LogP contribution in [0.5, 0.6) is 0 Å². The van der Waals surface area contributed by atoms with Crippen LogP contribution < -0.4 is 0 Å². The minimum Gasteiger partial charge on any atom is -0.478 e. The number of rotatable bonds is 5. The second kappa shape index (κ2) is 6.60. The zero-order valence-electron chi connectivity index (χ0n) is 13.1. The van der Waals surface area contributed by atoms with Crippen molar-refractivity contribution in [3.05, 3.63) is 70.8 Å². The number of carboxylic acid groups (broad SMARTS) is 2. The van der Waals surface area contributed by atoms with E-state index in [1.54, 1.807) is 0 Å². The Kier molecular flexibility index (Phi) is 4.96. The predicted molar refractivity (Wildman–Crippen MR) is 79.5 cm³/mol. The molecule has 2 N–H and O–H groups in total. The Morgan fingerprint density at radius 3 is 1.52 bits per heavy atom. The Morgan fingerprint density at radius 1 is 0.704 bits per heavy atom. The Labute approximate surface area is 147 Å². The molecule has 10 heteroatoms. The van der Waals surface area contributed by atoms with Crippen molar-refractivity contribution in [2.24, 2.45) is 0 Å². The number of benzene rings is 2. The van der Waals surface area contributed by atoms with Crippen LogP contribution in [-0.2, 0) is 11.6 Å². The summed E-state index contributed by atoms with van der Waals surface area (Å²) in [6.07, 6.45) is -6.15. The first-order valence-corrected chi connectivity index (χ1v) is 7.13. The number of hydrogen-bond donors (Lipinski definition) is 2. The van der Waals surface area contributed by atoms with E-state index in [0.717, 1.165) is 18.2 Å². The Hall–Kier alpha value is -3.04. The molecule has 0 heterocycles. The maximum atomic E-state index is 15.1. The van der Waals surface area contributed by atoms with Gasteiger partial charge in [-0.1, -0.05) is 24.3 Å². The average molecular weight is 392 g/mol. The first kappa shape index (κ1) is 20.3. The fraction of sp³-hybridized carbons (Fsp3) is 0.176. The predicted octanol–water partition coefficient (Wildman–Crippen LogP) is 4.60. The highest BCUT2D eigenvalue weighted by molar-refractivity contribution is 5.88. The highest BCUT2D eigenvalue weighted by atomic mass is 19.4. The van der Waals surface area contributed by atoms with E-state index in [1.807, 2.05) is 0 Å². The van der Waals surface area contributed by atoms with E-state index in [2.05, 4.69) is 0 Å². The molecule has 0 aromatic heterocycles. The third-order valence-electron chi connectivity index (χ3n) is 3.80. The number of carbonyl (C=O) groups is 2. The van der Waals surface area contributed by atoms with Crippen LogP contribution in [0.25, 0.3) is 0 Å². The quantitative estimate of drug-likeness (QED) is 0.730. The second-order valence-electron chi connectivity index (χ2n) is 5.50.